The molecule has 104 valence electrons. The third-order valence-corrected chi connectivity index (χ3v) is 3.17. The quantitative estimate of drug-likeness (QED) is 0.904. The normalized spacial score (nSPS) is 16.6. The fourth-order valence-corrected chi connectivity index (χ4v) is 2.18. The molecule has 1 atom stereocenters. The average molecular weight is 277 g/mol. The van der Waals surface area contributed by atoms with E-state index in [1.165, 1.54) is 0 Å². The number of nitrogens with zero attached hydrogens (tertiary/aromatic N) is 1. The molecule has 0 amide bonds. The number of halogens is 2. The number of ether oxygens (including phenoxy) is 1. The maximum Gasteiger partial charge on any atom is 0.168 e. The lowest BCUT2D eigenvalue weighted by Gasteiger charge is -2.13. The van der Waals surface area contributed by atoms with Crippen molar-refractivity contribution in [1.29, 1.82) is 0 Å². The van der Waals surface area contributed by atoms with Crippen LogP contribution in [-0.2, 0) is 6.42 Å². The SMILES string of the molecule is Nc1nc(NCC2Cc3ccccc3O2)c(F)cc1F. The summed E-state index contributed by atoms with van der Waals surface area (Å²) in [6.45, 7) is 0.365. The minimum absolute atomic E-state index is 0.0662. The summed E-state index contributed by atoms with van der Waals surface area (Å²) in [5.74, 6) is -1.19. The second-order valence-electron chi connectivity index (χ2n) is 4.62. The molecule has 0 saturated heterocycles. The predicted molar refractivity (Wildman–Crippen MR) is 71.6 cm³/mol. The van der Waals surface area contributed by atoms with Crippen LogP contribution >= 0.6 is 0 Å². The Balaban J connectivity index is 1.66. The molecule has 1 aromatic heterocycles. The first-order valence-corrected chi connectivity index (χ1v) is 6.23. The van der Waals surface area contributed by atoms with Crippen LogP contribution in [0, 0.1) is 11.6 Å². The first kappa shape index (κ1) is 12.7. The summed E-state index contributed by atoms with van der Waals surface area (Å²) in [5.41, 5.74) is 6.44. The van der Waals surface area contributed by atoms with Crippen molar-refractivity contribution in [2.75, 3.05) is 17.6 Å². The number of hydrogen-bond acceptors (Lipinski definition) is 4. The molecule has 0 aliphatic carbocycles. The smallest absolute Gasteiger partial charge is 0.168 e. The van der Waals surface area contributed by atoms with Gasteiger partial charge in [-0.2, -0.15) is 0 Å². The van der Waals surface area contributed by atoms with Crippen molar-refractivity contribution in [1.82, 2.24) is 4.98 Å². The molecule has 2 heterocycles. The molecule has 3 rings (SSSR count). The van der Waals surface area contributed by atoms with Crippen molar-refractivity contribution in [3.8, 4) is 5.75 Å². The van der Waals surface area contributed by atoms with E-state index in [0.29, 0.717) is 6.54 Å². The van der Waals surface area contributed by atoms with Crippen molar-refractivity contribution < 1.29 is 13.5 Å². The van der Waals surface area contributed by atoms with E-state index in [-0.39, 0.29) is 17.7 Å². The molecule has 0 saturated carbocycles. The Morgan fingerprint density at radius 2 is 2.10 bits per heavy atom. The number of aromatic nitrogens is 1. The Bertz CT molecular complexity index is 623. The van der Waals surface area contributed by atoms with Gasteiger partial charge >= 0.3 is 0 Å². The van der Waals surface area contributed by atoms with Gasteiger partial charge in [-0.25, -0.2) is 13.8 Å². The molecule has 1 unspecified atom stereocenters. The van der Waals surface area contributed by atoms with Gasteiger partial charge in [0.2, 0.25) is 0 Å². The van der Waals surface area contributed by atoms with Crippen LogP contribution in [0.5, 0.6) is 5.75 Å². The monoisotopic (exact) mass is 277 g/mol. The highest BCUT2D eigenvalue weighted by molar-refractivity contribution is 5.45. The van der Waals surface area contributed by atoms with Gasteiger partial charge in [0.15, 0.2) is 23.3 Å². The molecule has 1 aliphatic rings. The zero-order chi connectivity index (χ0) is 14.1. The Hall–Kier alpha value is -2.37. The number of para-hydroxylation sites is 1. The molecule has 6 heteroatoms. The van der Waals surface area contributed by atoms with Gasteiger partial charge in [0, 0.05) is 12.5 Å². The van der Waals surface area contributed by atoms with E-state index in [1.807, 2.05) is 24.3 Å². The summed E-state index contributed by atoms with van der Waals surface area (Å²) >= 11 is 0. The number of pyridine rings is 1. The summed E-state index contributed by atoms with van der Waals surface area (Å²) < 4.78 is 32.2. The summed E-state index contributed by atoms with van der Waals surface area (Å²) in [6, 6.07) is 8.44. The molecule has 1 aliphatic heterocycles. The highest BCUT2D eigenvalue weighted by atomic mass is 19.1. The van der Waals surface area contributed by atoms with Crippen LogP contribution in [0.3, 0.4) is 0 Å². The van der Waals surface area contributed by atoms with E-state index in [1.54, 1.807) is 0 Å². The molecule has 3 N–H and O–H groups in total. The zero-order valence-electron chi connectivity index (χ0n) is 10.6. The maximum atomic E-state index is 13.5. The largest absolute Gasteiger partial charge is 0.488 e. The van der Waals surface area contributed by atoms with Crippen LogP contribution in [0.2, 0.25) is 0 Å². The third kappa shape index (κ3) is 2.36. The molecular weight excluding hydrogens is 264 g/mol. The van der Waals surface area contributed by atoms with E-state index in [9.17, 15) is 8.78 Å². The van der Waals surface area contributed by atoms with Crippen LogP contribution in [0.1, 0.15) is 5.56 Å². The highest BCUT2D eigenvalue weighted by Gasteiger charge is 2.22. The van der Waals surface area contributed by atoms with Crippen LogP contribution in [0.25, 0.3) is 0 Å². The molecule has 20 heavy (non-hydrogen) atoms. The van der Waals surface area contributed by atoms with Crippen LogP contribution in [0.15, 0.2) is 30.3 Å². The van der Waals surface area contributed by atoms with Gasteiger partial charge in [0.05, 0.1) is 6.54 Å². The summed E-state index contributed by atoms with van der Waals surface area (Å²) in [6.07, 6.45) is 0.626. The summed E-state index contributed by atoms with van der Waals surface area (Å²) in [4.78, 5) is 3.64. The van der Waals surface area contributed by atoms with Crippen molar-refractivity contribution in [3.05, 3.63) is 47.5 Å². The minimum atomic E-state index is -0.863. The van der Waals surface area contributed by atoms with E-state index >= 15 is 0 Å². The lowest BCUT2D eigenvalue weighted by molar-refractivity contribution is 0.246. The standard InChI is InChI=1S/C14H13F2N3O/c15-10-6-11(16)14(19-13(10)17)18-7-9-5-8-3-1-2-4-12(8)20-9/h1-4,6,9H,5,7H2,(H3,17,18,19). The highest BCUT2D eigenvalue weighted by Crippen LogP contribution is 2.28. The lowest BCUT2D eigenvalue weighted by Crippen LogP contribution is -2.25. The van der Waals surface area contributed by atoms with Crippen molar-refractivity contribution >= 4 is 11.6 Å². The molecule has 1 aromatic carbocycles. The zero-order valence-corrected chi connectivity index (χ0v) is 10.6. The van der Waals surface area contributed by atoms with Crippen LogP contribution in [0.4, 0.5) is 20.4 Å². The molecule has 0 fully saturated rings. The molecule has 2 aromatic rings. The number of benzene rings is 1. The topological polar surface area (TPSA) is 60.2 Å². The van der Waals surface area contributed by atoms with E-state index in [2.05, 4.69) is 10.3 Å². The first-order valence-electron chi connectivity index (χ1n) is 6.23. The van der Waals surface area contributed by atoms with Crippen molar-refractivity contribution in [2.24, 2.45) is 0 Å². The van der Waals surface area contributed by atoms with Gasteiger partial charge in [0.25, 0.3) is 0 Å². The van der Waals surface area contributed by atoms with Gasteiger partial charge in [0.1, 0.15) is 11.9 Å². The van der Waals surface area contributed by atoms with Gasteiger partial charge in [-0.1, -0.05) is 18.2 Å². The number of anilines is 2. The Kier molecular flexibility index (Phi) is 3.14. The number of hydrogen-bond donors (Lipinski definition) is 2. The van der Waals surface area contributed by atoms with Gasteiger partial charge in [-0.15, -0.1) is 0 Å². The predicted octanol–water partition coefficient (Wildman–Crippen LogP) is 2.36. The number of nitrogens with two attached hydrogens (primary N) is 1. The molecule has 4 nitrogen and oxygen atoms in total. The van der Waals surface area contributed by atoms with Crippen molar-refractivity contribution in [3.63, 3.8) is 0 Å². The van der Waals surface area contributed by atoms with Crippen LogP contribution in [-0.4, -0.2) is 17.6 Å². The number of nitrogens with one attached hydrogen (secondary N) is 1. The van der Waals surface area contributed by atoms with Crippen molar-refractivity contribution in [2.45, 2.75) is 12.5 Å². The summed E-state index contributed by atoms with van der Waals surface area (Å²) in [7, 11) is 0. The lowest BCUT2D eigenvalue weighted by atomic mass is 10.1. The fraction of sp³-hybridized carbons (Fsp3) is 0.214. The Morgan fingerprint density at radius 1 is 1.30 bits per heavy atom. The van der Waals surface area contributed by atoms with Crippen LogP contribution < -0.4 is 15.8 Å². The number of nitrogen functional groups attached to an aromatic ring is 1. The van der Waals surface area contributed by atoms with Gasteiger partial charge in [-0.05, 0) is 11.6 Å². The first-order chi connectivity index (χ1) is 9.63. The third-order valence-electron chi connectivity index (χ3n) is 3.17. The second-order valence-corrected chi connectivity index (χ2v) is 4.62. The molecular formula is C14H13F2N3O. The average Bonchev–Trinajstić information content (AvgIpc) is 2.84. The van der Waals surface area contributed by atoms with E-state index in [4.69, 9.17) is 10.5 Å². The fourth-order valence-electron chi connectivity index (χ4n) is 2.18. The molecule has 0 spiro atoms. The molecule has 0 bridgehead atoms. The van der Waals surface area contributed by atoms with E-state index in [0.717, 1.165) is 23.8 Å². The molecule has 0 radical (unpaired) electrons. The number of fused-ring (bicyclic) bond motifs is 1. The maximum absolute atomic E-state index is 13.5. The summed E-state index contributed by atoms with van der Waals surface area (Å²) in [5, 5.41) is 2.80. The second kappa shape index (κ2) is 4.96. The van der Waals surface area contributed by atoms with Gasteiger partial charge < -0.3 is 15.8 Å². The number of rotatable bonds is 3. The van der Waals surface area contributed by atoms with E-state index < -0.39 is 11.6 Å². The Morgan fingerprint density at radius 3 is 2.90 bits per heavy atom. The minimum Gasteiger partial charge on any atom is -0.488 e. The van der Waals surface area contributed by atoms with Gasteiger partial charge in [-0.3, -0.25) is 0 Å². The Labute approximate surface area is 114 Å².